The van der Waals surface area contributed by atoms with E-state index >= 15 is 0 Å². The molecule has 0 unspecified atom stereocenters. The molecule has 156 valence electrons. The zero-order chi connectivity index (χ0) is 20.7. The highest BCUT2D eigenvalue weighted by molar-refractivity contribution is 5.95. The standard InChI is InChI=1S/C24H32N2O3/c1-2-3-4-5-6-7-8-11-18-29-22-16-14-20(15-17-22)24(28)26-25-19-21-12-9-10-13-23(21)27/h9-10,12-17,19,27H,2-8,11,18H2,1H3,(H,26,28)/b25-19+. The minimum Gasteiger partial charge on any atom is -0.507 e. The van der Waals surface area contributed by atoms with E-state index in [4.69, 9.17) is 4.74 Å². The lowest BCUT2D eigenvalue weighted by molar-refractivity contribution is 0.0955. The molecular formula is C24H32N2O3. The Morgan fingerprint density at radius 1 is 0.966 bits per heavy atom. The fraction of sp³-hybridized carbons (Fsp3) is 0.417. The van der Waals surface area contributed by atoms with Gasteiger partial charge in [-0.05, 0) is 42.8 Å². The number of nitrogens with zero attached hydrogens (tertiary/aromatic N) is 1. The van der Waals surface area contributed by atoms with E-state index in [0.717, 1.165) is 12.2 Å². The fourth-order valence-corrected chi connectivity index (χ4v) is 2.95. The van der Waals surface area contributed by atoms with Crippen molar-refractivity contribution in [1.82, 2.24) is 5.43 Å². The maximum absolute atomic E-state index is 12.1. The van der Waals surface area contributed by atoms with Gasteiger partial charge in [0.05, 0.1) is 12.8 Å². The Labute approximate surface area is 173 Å². The summed E-state index contributed by atoms with van der Waals surface area (Å²) < 4.78 is 5.75. The first-order valence-corrected chi connectivity index (χ1v) is 10.5. The smallest absolute Gasteiger partial charge is 0.271 e. The van der Waals surface area contributed by atoms with Gasteiger partial charge < -0.3 is 9.84 Å². The first-order valence-electron chi connectivity index (χ1n) is 10.5. The largest absolute Gasteiger partial charge is 0.507 e. The van der Waals surface area contributed by atoms with Gasteiger partial charge >= 0.3 is 0 Å². The van der Waals surface area contributed by atoms with Crippen molar-refractivity contribution in [2.45, 2.75) is 58.3 Å². The third kappa shape index (κ3) is 8.81. The summed E-state index contributed by atoms with van der Waals surface area (Å²) in [4.78, 5) is 12.1. The van der Waals surface area contributed by atoms with Crippen LogP contribution in [-0.2, 0) is 0 Å². The molecule has 0 aromatic heterocycles. The van der Waals surface area contributed by atoms with Crippen molar-refractivity contribution in [2.24, 2.45) is 5.10 Å². The van der Waals surface area contributed by atoms with Crippen LogP contribution in [0.1, 0.15) is 74.2 Å². The molecule has 2 aromatic rings. The van der Waals surface area contributed by atoms with Gasteiger partial charge in [0.1, 0.15) is 11.5 Å². The number of nitrogens with one attached hydrogen (secondary N) is 1. The number of amides is 1. The highest BCUT2D eigenvalue weighted by Gasteiger charge is 2.04. The average molecular weight is 397 g/mol. The number of phenolic OH excluding ortho intramolecular Hbond substituents is 1. The molecule has 0 saturated heterocycles. The molecular weight excluding hydrogens is 364 g/mol. The van der Waals surface area contributed by atoms with Crippen molar-refractivity contribution in [3.05, 3.63) is 59.7 Å². The van der Waals surface area contributed by atoms with E-state index in [1.165, 1.54) is 51.2 Å². The highest BCUT2D eigenvalue weighted by Crippen LogP contribution is 2.14. The maximum atomic E-state index is 12.1. The first-order chi connectivity index (χ1) is 14.2. The maximum Gasteiger partial charge on any atom is 0.271 e. The summed E-state index contributed by atoms with van der Waals surface area (Å²) in [5.41, 5.74) is 3.50. The average Bonchev–Trinajstić information content (AvgIpc) is 2.74. The number of aromatic hydroxyl groups is 1. The predicted molar refractivity (Wildman–Crippen MR) is 118 cm³/mol. The zero-order valence-electron chi connectivity index (χ0n) is 17.3. The Bertz CT molecular complexity index is 757. The van der Waals surface area contributed by atoms with Crippen LogP contribution in [0, 0.1) is 0 Å². The molecule has 0 bridgehead atoms. The van der Waals surface area contributed by atoms with E-state index in [-0.39, 0.29) is 11.7 Å². The number of hydrazone groups is 1. The van der Waals surface area contributed by atoms with Crippen molar-refractivity contribution in [2.75, 3.05) is 6.61 Å². The lowest BCUT2D eigenvalue weighted by Gasteiger charge is -2.07. The molecule has 0 heterocycles. The Morgan fingerprint density at radius 2 is 1.62 bits per heavy atom. The number of phenols is 1. The van der Waals surface area contributed by atoms with Gasteiger partial charge in [-0.1, -0.05) is 64.0 Å². The molecule has 29 heavy (non-hydrogen) atoms. The highest BCUT2D eigenvalue weighted by atomic mass is 16.5. The summed E-state index contributed by atoms with van der Waals surface area (Å²) in [6, 6.07) is 13.8. The van der Waals surface area contributed by atoms with Gasteiger partial charge in [0.15, 0.2) is 0 Å². The zero-order valence-corrected chi connectivity index (χ0v) is 17.3. The quantitative estimate of drug-likeness (QED) is 0.260. The number of hydrogen-bond acceptors (Lipinski definition) is 4. The molecule has 2 N–H and O–H groups in total. The summed E-state index contributed by atoms with van der Waals surface area (Å²) in [6.45, 7) is 2.94. The second kappa shape index (κ2) is 13.4. The van der Waals surface area contributed by atoms with Gasteiger partial charge in [-0.15, -0.1) is 0 Å². The van der Waals surface area contributed by atoms with Gasteiger partial charge in [-0.25, -0.2) is 5.43 Å². The third-order valence-corrected chi connectivity index (χ3v) is 4.69. The van der Waals surface area contributed by atoms with Crippen LogP contribution < -0.4 is 10.2 Å². The van der Waals surface area contributed by atoms with Crippen molar-refractivity contribution < 1.29 is 14.6 Å². The number of benzene rings is 2. The molecule has 0 fully saturated rings. The summed E-state index contributed by atoms with van der Waals surface area (Å²) in [6.07, 6.45) is 11.6. The Morgan fingerprint density at radius 3 is 2.31 bits per heavy atom. The molecule has 0 aliphatic rings. The third-order valence-electron chi connectivity index (χ3n) is 4.69. The second-order valence-electron chi connectivity index (χ2n) is 7.11. The molecule has 0 aliphatic carbocycles. The van der Waals surface area contributed by atoms with Gasteiger partial charge in [-0.3, -0.25) is 4.79 Å². The summed E-state index contributed by atoms with van der Waals surface area (Å²) in [5.74, 6) is 0.567. The molecule has 5 nitrogen and oxygen atoms in total. The molecule has 0 radical (unpaired) electrons. The van der Waals surface area contributed by atoms with Gasteiger partial charge in [0.2, 0.25) is 0 Å². The van der Waals surface area contributed by atoms with E-state index in [9.17, 15) is 9.90 Å². The van der Waals surface area contributed by atoms with Crippen LogP contribution in [0.4, 0.5) is 0 Å². The molecule has 0 aliphatic heterocycles. The van der Waals surface area contributed by atoms with Crippen LogP contribution in [0.5, 0.6) is 11.5 Å². The Hall–Kier alpha value is -2.82. The Balaban J connectivity index is 1.65. The van der Waals surface area contributed by atoms with Crippen LogP contribution in [0.3, 0.4) is 0 Å². The minimum absolute atomic E-state index is 0.114. The van der Waals surface area contributed by atoms with Crippen LogP contribution in [0.2, 0.25) is 0 Å². The second-order valence-corrected chi connectivity index (χ2v) is 7.11. The van der Waals surface area contributed by atoms with E-state index in [1.54, 1.807) is 48.5 Å². The van der Waals surface area contributed by atoms with Gasteiger partial charge in [0, 0.05) is 11.1 Å². The normalized spacial score (nSPS) is 10.9. The van der Waals surface area contributed by atoms with Crippen molar-refractivity contribution in [3.63, 3.8) is 0 Å². The first kappa shape index (κ1) is 22.5. The van der Waals surface area contributed by atoms with Gasteiger partial charge in [-0.2, -0.15) is 5.10 Å². The number of carbonyl (C=O) groups excluding carboxylic acids is 1. The SMILES string of the molecule is CCCCCCCCCCOc1ccc(C(=O)N/N=C/c2ccccc2O)cc1. The number of para-hydroxylation sites is 1. The fourth-order valence-electron chi connectivity index (χ4n) is 2.95. The van der Waals surface area contributed by atoms with E-state index in [2.05, 4.69) is 17.5 Å². The van der Waals surface area contributed by atoms with Crippen LogP contribution in [-0.4, -0.2) is 23.8 Å². The molecule has 1 amide bonds. The topological polar surface area (TPSA) is 70.9 Å². The van der Waals surface area contributed by atoms with E-state index < -0.39 is 0 Å². The van der Waals surface area contributed by atoms with Crippen LogP contribution in [0.15, 0.2) is 53.6 Å². The lowest BCUT2D eigenvalue weighted by Crippen LogP contribution is -2.17. The molecule has 0 spiro atoms. The number of hydrogen-bond donors (Lipinski definition) is 2. The summed E-state index contributed by atoms with van der Waals surface area (Å²) >= 11 is 0. The predicted octanol–water partition coefficient (Wildman–Crippen LogP) is 5.68. The van der Waals surface area contributed by atoms with Crippen LogP contribution in [0.25, 0.3) is 0 Å². The number of rotatable bonds is 13. The molecule has 0 atom stereocenters. The molecule has 2 rings (SSSR count). The summed E-state index contributed by atoms with van der Waals surface area (Å²) in [7, 11) is 0. The Kier molecular flexibility index (Phi) is 10.4. The van der Waals surface area contributed by atoms with Crippen molar-refractivity contribution >= 4 is 12.1 Å². The lowest BCUT2D eigenvalue weighted by atomic mass is 10.1. The number of carbonyl (C=O) groups is 1. The van der Waals surface area contributed by atoms with E-state index in [1.807, 2.05) is 0 Å². The number of ether oxygens (including phenoxy) is 1. The van der Waals surface area contributed by atoms with Crippen molar-refractivity contribution in [3.8, 4) is 11.5 Å². The van der Waals surface area contributed by atoms with Crippen molar-refractivity contribution in [1.29, 1.82) is 0 Å². The monoisotopic (exact) mass is 396 g/mol. The molecule has 2 aromatic carbocycles. The van der Waals surface area contributed by atoms with Gasteiger partial charge in [0.25, 0.3) is 5.91 Å². The minimum atomic E-state index is -0.314. The van der Waals surface area contributed by atoms with E-state index in [0.29, 0.717) is 17.7 Å². The van der Waals surface area contributed by atoms with Crippen LogP contribution >= 0.6 is 0 Å². The molecule has 0 saturated carbocycles. The summed E-state index contributed by atoms with van der Waals surface area (Å²) in [5, 5.41) is 13.6. The molecule has 5 heteroatoms. The number of unbranched alkanes of at least 4 members (excludes halogenated alkanes) is 7.